The normalized spacial score (nSPS) is 11.0. The first kappa shape index (κ1) is 25.6. The highest BCUT2D eigenvalue weighted by Gasteiger charge is 2.11. The van der Waals surface area contributed by atoms with Crippen LogP contribution in [0.25, 0.3) is 11.0 Å². The number of unbranched alkanes of at least 4 members (excludes halogenated alkanes) is 1. The number of nitrogens with one attached hydrogen (secondary N) is 1. The van der Waals surface area contributed by atoms with Crippen LogP contribution >= 0.6 is 11.6 Å². The number of hydrogen-bond donors (Lipinski definition) is 1. The molecule has 6 nitrogen and oxygen atoms in total. The van der Waals surface area contributed by atoms with E-state index in [2.05, 4.69) is 16.0 Å². The van der Waals surface area contributed by atoms with E-state index in [-0.39, 0.29) is 5.91 Å². The molecule has 1 aromatic heterocycles. The quantitative estimate of drug-likeness (QED) is 0.232. The predicted octanol–water partition coefficient (Wildman–Crippen LogP) is 6.23. The van der Waals surface area contributed by atoms with Crippen molar-refractivity contribution in [1.82, 2.24) is 14.9 Å². The number of hydrogen-bond acceptors (Lipinski definition) is 4. The fourth-order valence-corrected chi connectivity index (χ4v) is 4.25. The van der Waals surface area contributed by atoms with Crippen molar-refractivity contribution in [3.05, 3.63) is 88.7 Å². The topological polar surface area (TPSA) is 65.4 Å². The largest absolute Gasteiger partial charge is 0.497 e. The molecular weight excluding hydrogens is 474 g/mol. The average Bonchev–Trinajstić information content (AvgIpc) is 3.25. The summed E-state index contributed by atoms with van der Waals surface area (Å²) in [6, 6.07) is 21.1. The lowest BCUT2D eigenvalue weighted by atomic mass is 10.2. The van der Waals surface area contributed by atoms with Gasteiger partial charge in [0.2, 0.25) is 0 Å². The minimum Gasteiger partial charge on any atom is -0.497 e. The van der Waals surface area contributed by atoms with Crippen molar-refractivity contribution in [2.45, 2.75) is 39.2 Å². The van der Waals surface area contributed by atoms with Gasteiger partial charge in [-0.05, 0) is 86.3 Å². The van der Waals surface area contributed by atoms with Gasteiger partial charge < -0.3 is 19.4 Å². The number of aromatic nitrogens is 2. The molecule has 1 amide bonds. The summed E-state index contributed by atoms with van der Waals surface area (Å²) in [7, 11) is 1.61. The number of fused-ring (bicyclic) bond motifs is 1. The van der Waals surface area contributed by atoms with E-state index < -0.39 is 0 Å². The van der Waals surface area contributed by atoms with Gasteiger partial charge in [-0.3, -0.25) is 4.79 Å². The average molecular weight is 506 g/mol. The third-order valence-electron chi connectivity index (χ3n) is 6.12. The van der Waals surface area contributed by atoms with Crippen LogP contribution in [-0.4, -0.2) is 35.7 Å². The summed E-state index contributed by atoms with van der Waals surface area (Å²) in [6.45, 7) is 4.09. The SMILES string of the molecule is COc1ccc(C(=O)NCCCc2nc3ccccc3n2CCCCOc2ccc(Cl)c(C)c2)cc1. The van der Waals surface area contributed by atoms with Crippen LogP contribution in [0.2, 0.25) is 5.02 Å². The van der Waals surface area contributed by atoms with Crippen molar-refractivity contribution in [3.63, 3.8) is 0 Å². The number of ether oxygens (including phenoxy) is 2. The summed E-state index contributed by atoms with van der Waals surface area (Å²) in [5.74, 6) is 2.55. The van der Waals surface area contributed by atoms with Crippen LogP contribution in [0.15, 0.2) is 66.7 Å². The second kappa shape index (κ2) is 12.5. The maximum Gasteiger partial charge on any atom is 0.251 e. The molecule has 4 aromatic rings. The number of para-hydroxylation sites is 2. The first-order valence-corrected chi connectivity index (χ1v) is 12.7. The summed E-state index contributed by atoms with van der Waals surface area (Å²) in [6.07, 6.45) is 3.52. The molecule has 7 heteroatoms. The number of benzene rings is 3. The van der Waals surface area contributed by atoms with E-state index in [4.69, 9.17) is 26.1 Å². The van der Waals surface area contributed by atoms with Crippen LogP contribution in [0.3, 0.4) is 0 Å². The maximum absolute atomic E-state index is 12.4. The maximum atomic E-state index is 12.4. The van der Waals surface area contributed by atoms with Crippen molar-refractivity contribution in [2.24, 2.45) is 0 Å². The number of carbonyl (C=O) groups excluding carboxylic acids is 1. The van der Waals surface area contributed by atoms with Crippen molar-refractivity contribution >= 4 is 28.5 Å². The minimum atomic E-state index is -0.0814. The lowest BCUT2D eigenvalue weighted by Gasteiger charge is -2.11. The summed E-state index contributed by atoms with van der Waals surface area (Å²) < 4.78 is 13.3. The highest BCUT2D eigenvalue weighted by Crippen LogP contribution is 2.22. The van der Waals surface area contributed by atoms with E-state index in [1.807, 2.05) is 43.3 Å². The third kappa shape index (κ3) is 6.58. The zero-order valence-corrected chi connectivity index (χ0v) is 21.6. The molecule has 4 rings (SSSR count). The smallest absolute Gasteiger partial charge is 0.251 e. The molecule has 0 aliphatic heterocycles. The molecular formula is C29H32ClN3O3. The van der Waals surface area contributed by atoms with Gasteiger partial charge in [0.05, 0.1) is 24.8 Å². The Balaban J connectivity index is 1.28. The van der Waals surface area contributed by atoms with Crippen molar-refractivity contribution in [3.8, 4) is 11.5 Å². The van der Waals surface area contributed by atoms with Gasteiger partial charge in [-0.1, -0.05) is 23.7 Å². The number of rotatable bonds is 12. The molecule has 36 heavy (non-hydrogen) atoms. The number of nitrogens with zero attached hydrogens (tertiary/aromatic N) is 2. The van der Waals surface area contributed by atoms with Gasteiger partial charge in [-0.15, -0.1) is 0 Å². The molecule has 0 saturated carbocycles. The third-order valence-corrected chi connectivity index (χ3v) is 6.55. The van der Waals surface area contributed by atoms with Crippen LogP contribution in [0.5, 0.6) is 11.5 Å². The Morgan fingerprint density at radius 3 is 2.56 bits per heavy atom. The van der Waals surface area contributed by atoms with Crippen molar-refractivity contribution in [2.75, 3.05) is 20.3 Å². The standard InChI is InChI=1S/C29H32ClN3O3/c1-21-20-24(15-16-25(21)30)36-19-6-5-18-33-27-9-4-3-8-26(27)32-28(33)10-7-17-31-29(34)22-11-13-23(35-2)14-12-22/h3-4,8-9,11-16,20H,5-7,10,17-19H2,1-2H3,(H,31,34). The van der Waals surface area contributed by atoms with Crippen molar-refractivity contribution in [1.29, 1.82) is 0 Å². The zero-order valence-electron chi connectivity index (χ0n) is 20.8. The van der Waals surface area contributed by atoms with Crippen LogP contribution in [-0.2, 0) is 13.0 Å². The lowest BCUT2D eigenvalue weighted by Crippen LogP contribution is -2.25. The second-order valence-corrected chi connectivity index (χ2v) is 9.13. The fraction of sp³-hybridized carbons (Fsp3) is 0.310. The van der Waals surface area contributed by atoms with E-state index >= 15 is 0 Å². The van der Waals surface area contributed by atoms with Gasteiger partial charge >= 0.3 is 0 Å². The minimum absolute atomic E-state index is 0.0814. The highest BCUT2D eigenvalue weighted by molar-refractivity contribution is 6.31. The van der Waals surface area contributed by atoms with E-state index in [0.29, 0.717) is 18.7 Å². The summed E-state index contributed by atoms with van der Waals surface area (Å²) in [4.78, 5) is 17.3. The molecule has 0 spiro atoms. The summed E-state index contributed by atoms with van der Waals surface area (Å²) >= 11 is 6.09. The first-order chi connectivity index (χ1) is 17.5. The number of halogens is 1. The molecule has 0 saturated heterocycles. The number of carbonyl (C=O) groups is 1. The Morgan fingerprint density at radius 1 is 1.00 bits per heavy atom. The molecule has 0 aliphatic carbocycles. The first-order valence-electron chi connectivity index (χ1n) is 12.3. The Kier molecular flexibility index (Phi) is 8.85. The Hall–Kier alpha value is -3.51. The predicted molar refractivity (Wildman–Crippen MR) is 144 cm³/mol. The summed E-state index contributed by atoms with van der Waals surface area (Å²) in [5.41, 5.74) is 3.79. The molecule has 3 aromatic carbocycles. The fourth-order valence-electron chi connectivity index (χ4n) is 4.13. The van der Waals surface area contributed by atoms with E-state index in [0.717, 1.165) is 71.2 Å². The lowest BCUT2D eigenvalue weighted by molar-refractivity contribution is 0.0953. The van der Waals surface area contributed by atoms with Crippen LogP contribution < -0.4 is 14.8 Å². The van der Waals surface area contributed by atoms with Crippen molar-refractivity contribution < 1.29 is 14.3 Å². The van der Waals surface area contributed by atoms with Gasteiger partial charge in [0.1, 0.15) is 17.3 Å². The second-order valence-electron chi connectivity index (χ2n) is 8.72. The Morgan fingerprint density at radius 2 is 1.78 bits per heavy atom. The van der Waals surface area contributed by atoms with E-state index in [1.165, 1.54) is 0 Å². The zero-order chi connectivity index (χ0) is 25.3. The van der Waals surface area contributed by atoms with Crippen LogP contribution in [0.4, 0.5) is 0 Å². The molecule has 1 N–H and O–H groups in total. The monoisotopic (exact) mass is 505 g/mol. The highest BCUT2D eigenvalue weighted by atomic mass is 35.5. The molecule has 0 bridgehead atoms. The molecule has 0 unspecified atom stereocenters. The van der Waals surface area contributed by atoms with Gasteiger partial charge in [0.25, 0.3) is 5.91 Å². The molecule has 0 atom stereocenters. The van der Waals surface area contributed by atoms with Gasteiger partial charge in [0, 0.05) is 30.1 Å². The number of methoxy groups -OCH3 is 1. The van der Waals surface area contributed by atoms with E-state index in [9.17, 15) is 4.79 Å². The van der Waals surface area contributed by atoms with Crippen LogP contribution in [0, 0.1) is 6.92 Å². The van der Waals surface area contributed by atoms with Gasteiger partial charge in [-0.25, -0.2) is 4.98 Å². The molecule has 1 heterocycles. The molecule has 0 radical (unpaired) electrons. The Bertz CT molecular complexity index is 1300. The molecule has 0 aliphatic rings. The summed E-state index contributed by atoms with van der Waals surface area (Å²) in [5, 5.41) is 3.75. The number of aryl methyl sites for hydroxylation is 3. The number of imidazole rings is 1. The van der Waals surface area contributed by atoms with Gasteiger partial charge in [0.15, 0.2) is 0 Å². The number of amides is 1. The molecule has 188 valence electrons. The van der Waals surface area contributed by atoms with E-state index in [1.54, 1.807) is 31.4 Å². The van der Waals surface area contributed by atoms with Gasteiger partial charge in [-0.2, -0.15) is 0 Å². The van der Waals surface area contributed by atoms with Crippen LogP contribution in [0.1, 0.15) is 41.0 Å². The Labute approximate surface area is 217 Å². The molecule has 0 fully saturated rings.